The summed E-state index contributed by atoms with van der Waals surface area (Å²) >= 11 is 0. The molecule has 202 valence electrons. The number of benzene rings is 2. The summed E-state index contributed by atoms with van der Waals surface area (Å²) in [6.07, 6.45) is 5.91. The molecule has 8 heteroatoms. The zero-order valence-corrected chi connectivity index (χ0v) is 22.6. The molecule has 1 aromatic heterocycles. The summed E-state index contributed by atoms with van der Waals surface area (Å²) in [7, 11) is 2.10. The van der Waals surface area contributed by atoms with E-state index in [0.717, 1.165) is 79.5 Å². The predicted molar refractivity (Wildman–Crippen MR) is 152 cm³/mol. The maximum absolute atomic E-state index is 13.5. The van der Waals surface area contributed by atoms with Gasteiger partial charge >= 0.3 is 0 Å². The Hall–Kier alpha value is -3.26. The van der Waals surface area contributed by atoms with E-state index in [0.29, 0.717) is 5.95 Å². The Morgan fingerprint density at radius 1 is 0.974 bits per heavy atom. The molecule has 3 aromatic rings. The molecule has 38 heavy (non-hydrogen) atoms. The number of likely N-dealkylation sites (tertiary alicyclic amines) is 1. The number of halogens is 1. The van der Waals surface area contributed by atoms with Crippen molar-refractivity contribution in [3.05, 3.63) is 48.3 Å². The quantitative estimate of drug-likeness (QED) is 0.387. The number of amides is 1. The standard InChI is InChI=1S/C30H39FN6O/c1-19(2)32-30-35-27-15-8-21(20-6-9-23(31)10-7-20)17-26(27)28(36-30)33-24-11-13-25(14-12-24)34-29(38)22-5-4-16-37(3)18-22/h6-10,15,17,19,22,24-25H,4-5,11-14,16,18H2,1-3H3,(H,34,38)(H2,32,33,35,36). The molecular formula is C30H39FN6O. The molecule has 1 atom stereocenters. The molecule has 2 fully saturated rings. The Morgan fingerprint density at radius 2 is 1.68 bits per heavy atom. The number of nitrogens with zero attached hydrogens (tertiary/aromatic N) is 3. The summed E-state index contributed by atoms with van der Waals surface area (Å²) in [6.45, 7) is 6.08. The Morgan fingerprint density at radius 3 is 2.39 bits per heavy atom. The van der Waals surface area contributed by atoms with Gasteiger partial charge < -0.3 is 20.9 Å². The van der Waals surface area contributed by atoms with E-state index >= 15 is 0 Å². The van der Waals surface area contributed by atoms with Crippen molar-refractivity contribution in [2.24, 2.45) is 5.92 Å². The number of aromatic nitrogens is 2. The largest absolute Gasteiger partial charge is 0.367 e. The molecule has 1 amide bonds. The highest BCUT2D eigenvalue weighted by Gasteiger charge is 2.28. The van der Waals surface area contributed by atoms with Gasteiger partial charge in [0.2, 0.25) is 11.9 Å². The lowest BCUT2D eigenvalue weighted by Gasteiger charge is -2.33. The van der Waals surface area contributed by atoms with Crippen LogP contribution < -0.4 is 16.0 Å². The lowest BCUT2D eigenvalue weighted by atomic mass is 9.90. The van der Waals surface area contributed by atoms with Crippen LogP contribution in [0.15, 0.2) is 42.5 Å². The van der Waals surface area contributed by atoms with Gasteiger partial charge in [0, 0.05) is 30.1 Å². The molecule has 2 aromatic carbocycles. The number of carbonyl (C=O) groups is 1. The second-order valence-electron chi connectivity index (χ2n) is 11.2. The fourth-order valence-electron chi connectivity index (χ4n) is 5.66. The minimum atomic E-state index is -0.248. The summed E-state index contributed by atoms with van der Waals surface area (Å²) in [5, 5.41) is 11.3. The Labute approximate surface area is 224 Å². The van der Waals surface area contributed by atoms with E-state index in [1.807, 2.05) is 12.1 Å². The molecule has 7 nitrogen and oxygen atoms in total. The van der Waals surface area contributed by atoms with Gasteiger partial charge in [-0.05, 0) is 101 Å². The van der Waals surface area contributed by atoms with Crippen molar-refractivity contribution in [1.29, 1.82) is 0 Å². The average Bonchev–Trinajstić information content (AvgIpc) is 2.90. The van der Waals surface area contributed by atoms with Crippen LogP contribution >= 0.6 is 0 Å². The molecule has 1 unspecified atom stereocenters. The van der Waals surface area contributed by atoms with Crippen LogP contribution in [0.1, 0.15) is 52.4 Å². The van der Waals surface area contributed by atoms with Gasteiger partial charge in [0.05, 0.1) is 11.4 Å². The molecule has 0 radical (unpaired) electrons. The van der Waals surface area contributed by atoms with Gasteiger partial charge in [-0.25, -0.2) is 9.37 Å². The molecule has 5 rings (SSSR count). The lowest BCUT2D eigenvalue weighted by molar-refractivity contribution is -0.127. The van der Waals surface area contributed by atoms with Gasteiger partial charge in [0.25, 0.3) is 0 Å². The van der Waals surface area contributed by atoms with Gasteiger partial charge in [-0.15, -0.1) is 0 Å². The molecule has 1 aliphatic carbocycles. The third kappa shape index (κ3) is 6.41. The number of nitrogens with one attached hydrogen (secondary N) is 3. The molecule has 1 aliphatic heterocycles. The van der Waals surface area contributed by atoms with Crippen LogP contribution in [0.4, 0.5) is 16.2 Å². The summed E-state index contributed by atoms with van der Waals surface area (Å²) in [4.78, 5) is 24.7. The first-order valence-electron chi connectivity index (χ1n) is 13.9. The number of anilines is 2. The van der Waals surface area contributed by atoms with Gasteiger partial charge in [-0.2, -0.15) is 4.98 Å². The van der Waals surface area contributed by atoms with Crippen LogP contribution in [0.25, 0.3) is 22.0 Å². The smallest absolute Gasteiger partial charge is 0.225 e. The van der Waals surface area contributed by atoms with Crippen molar-refractivity contribution >= 4 is 28.6 Å². The normalized spacial score (nSPS) is 22.4. The van der Waals surface area contributed by atoms with Gasteiger partial charge in [0.15, 0.2) is 0 Å². The molecule has 0 bridgehead atoms. The van der Waals surface area contributed by atoms with E-state index in [4.69, 9.17) is 9.97 Å². The zero-order chi connectivity index (χ0) is 26.6. The Kier molecular flexibility index (Phi) is 8.07. The van der Waals surface area contributed by atoms with E-state index in [9.17, 15) is 9.18 Å². The number of hydrogen-bond acceptors (Lipinski definition) is 6. The molecular weight excluding hydrogens is 479 g/mol. The van der Waals surface area contributed by atoms with Crippen molar-refractivity contribution in [2.45, 2.75) is 70.5 Å². The minimum Gasteiger partial charge on any atom is -0.367 e. The monoisotopic (exact) mass is 518 g/mol. The molecule has 1 saturated carbocycles. The number of rotatable bonds is 7. The van der Waals surface area contributed by atoms with Gasteiger partial charge in [-0.3, -0.25) is 4.79 Å². The predicted octanol–water partition coefficient (Wildman–Crippen LogP) is 5.44. The highest BCUT2D eigenvalue weighted by molar-refractivity contribution is 5.93. The molecule has 2 heterocycles. The SMILES string of the molecule is CC(C)Nc1nc(NC2CCC(NC(=O)C3CCCN(C)C3)CC2)c2cc(-c3ccc(F)cc3)ccc2n1. The van der Waals surface area contributed by atoms with Crippen LogP contribution in [0, 0.1) is 11.7 Å². The maximum atomic E-state index is 13.5. The highest BCUT2D eigenvalue weighted by atomic mass is 19.1. The molecule has 3 N–H and O–H groups in total. The van der Waals surface area contributed by atoms with Crippen LogP contribution in [0.5, 0.6) is 0 Å². The van der Waals surface area contributed by atoms with Crippen LogP contribution in [-0.4, -0.2) is 59.0 Å². The second kappa shape index (κ2) is 11.6. The Balaban J connectivity index is 1.30. The van der Waals surface area contributed by atoms with Crippen molar-refractivity contribution in [2.75, 3.05) is 30.8 Å². The van der Waals surface area contributed by atoms with Gasteiger partial charge in [0.1, 0.15) is 11.6 Å². The van der Waals surface area contributed by atoms with Crippen LogP contribution in [-0.2, 0) is 4.79 Å². The fraction of sp³-hybridized carbons (Fsp3) is 0.500. The summed E-state index contributed by atoms with van der Waals surface area (Å²) in [5.74, 6) is 1.48. The van der Waals surface area contributed by atoms with Crippen LogP contribution in [0.2, 0.25) is 0 Å². The van der Waals surface area contributed by atoms with E-state index < -0.39 is 0 Å². The number of fused-ring (bicyclic) bond motifs is 1. The number of carbonyl (C=O) groups excluding carboxylic acids is 1. The van der Waals surface area contributed by atoms with Crippen molar-refractivity contribution in [3.8, 4) is 11.1 Å². The minimum absolute atomic E-state index is 0.110. The van der Waals surface area contributed by atoms with E-state index in [1.165, 1.54) is 12.1 Å². The zero-order valence-electron chi connectivity index (χ0n) is 22.6. The summed E-state index contributed by atoms with van der Waals surface area (Å²) in [5.41, 5.74) is 2.80. The first-order chi connectivity index (χ1) is 18.3. The fourth-order valence-corrected chi connectivity index (χ4v) is 5.66. The molecule has 0 spiro atoms. The van der Waals surface area contributed by atoms with Crippen molar-refractivity contribution in [3.63, 3.8) is 0 Å². The maximum Gasteiger partial charge on any atom is 0.225 e. The van der Waals surface area contributed by atoms with E-state index in [1.54, 1.807) is 12.1 Å². The number of piperidine rings is 1. The van der Waals surface area contributed by atoms with E-state index in [2.05, 4.69) is 47.8 Å². The summed E-state index contributed by atoms with van der Waals surface area (Å²) < 4.78 is 13.5. The lowest BCUT2D eigenvalue weighted by Crippen LogP contribution is -2.46. The first-order valence-corrected chi connectivity index (χ1v) is 13.9. The average molecular weight is 519 g/mol. The Bertz CT molecular complexity index is 1260. The van der Waals surface area contributed by atoms with Crippen molar-refractivity contribution < 1.29 is 9.18 Å². The third-order valence-corrected chi connectivity index (χ3v) is 7.70. The third-order valence-electron chi connectivity index (χ3n) is 7.70. The van der Waals surface area contributed by atoms with Gasteiger partial charge in [-0.1, -0.05) is 18.2 Å². The number of hydrogen-bond donors (Lipinski definition) is 3. The molecule has 1 saturated heterocycles. The van der Waals surface area contributed by atoms with Crippen LogP contribution in [0.3, 0.4) is 0 Å². The van der Waals surface area contributed by atoms with Crippen molar-refractivity contribution in [1.82, 2.24) is 20.2 Å². The topological polar surface area (TPSA) is 82.2 Å². The van der Waals surface area contributed by atoms with E-state index in [-0.39, 0.29) is 35.8 Å². The molecule has 2 aliphatic rings. The second-order valence-corrected chi connectivity index (χ2v) is 11.2. The first kappa shape index (κ1) is 26.4. The highest BCUT2D eigenvalue weighted by Crippen LogP contribution is 2.31. The summed E-state index contributed by atoms with van der Waals surface area (Å²) in [6, 6.07) is 13.4.